The van der Waals surface area contributed by atoms with Gasteiger partial charge in [0.15, 0.2) is 6.10 Å². The van der Waals surface area contributed by atoms with Crippen LogP contribution < -0.4 is 10.1 Å². The van der Waals surface area contributed by atoms with Crippen LogP contribution in [0, 0.1) is 13.8 Å². The van der Waals surface area contributed by atoms with Crippen molar-refractivity contribution in [3.8, 4) is 5.75 Å². The van der Waals surface area contributed by atoms with Gasteiger partial charge < -0.3 is 10.1 Å². The maximum absolute atomic E-state index is 12.6. The van der Waals surface area contributed by atoms with E-state index < -0.39 is 6.10 Å². The average Bonchev–Trinajstić information content (AvgIpc) is 2.51. The van der Waals surface area contributed by atoms with Crippen molar-refractivity contribution in [3.05, 3.63) is 58.1 Å². The zero-order valence-corrected chi connectivity index (χ0v) is 15.6. The minimum atomic E-state index is -0.607. The Kier molecular flexibility index (Phi) is 5.89. The van der Waals surface area contributed by atoms with E-state index in [1.54, 1.807) is 19.1 Å². The summed E-state index contributed by atoms with van der Waals surface area (Å²) in [6, 6.07) is 11.4. The molecule has 0 spiro atoms. The first-order chi connectivity index (χ1) is 11.3. The van der Waals surface area contributed by atoms with E-state index in [1.807, 2.05) is 38.1 Å². The van der Waals surface area contributed by atoms with Gasteiger partial charge in [-0.3, -0.25) is 4.79 Å². The molecule has 3 nitrogen and oxygen atoms in total. The molecule has 0 aromatic heterocycles. The molecule has 0 heterocycles. The topological polar surface area (TPSA) is 38.3 Å². The lowest BCUT2D eigenvalue weighted by atomic mass is 9.98. The Morgan fingerprint density at radius 3 is 2.42 bits per heavy atom. The van der Waals surface area contributed by atoms with E-state index in [0.717, 1.165) is 22.4 Å². The number of anilines is 1. The first-order valence-electron chi connectivity index (χ1n) is 8.12. The lowest BCUT2D eigenvalue weighted by Gasteiger charge is -2.20. The largest absolute Gasteiger partial charge is 0.481 e. The Hall–Kier alpha value is -2.00. The van der Waals surface area contributed by atoms with Crippen LogP contribution in [0.1, 0.15) is 43.4 Å². The number of benzene rings is 2. The van der Waals surface area contributed by atoms with E-state index in [0.29, 0.717) is 16.7 Å². The van der Waals surface area contributed by atoms with Crippen LogP contribution >= 0.6 is 11.6 Å². The van der Waals surface area contributed by atoms with E-state index in [-0.39, 0.29) is 5.91 Å². The van der Waals surface area contributed by atoms with Crippen LogP contribution in [0.15, 0.2) is 36.4 Å². The molecule has 24 heavy (non-hydrogen) atoms. The summed E-state index contributed by atoms with van der Waals surface area (Å²) < 4.78 is 5.80. The van der Waals surface area contributed by atoms with Gasteiger partial charge in [0.2, 0.25) is 0 Å². The van der Waals surface area contributed by atoms with Gasteiger partial charge in [0.05, 0.1) is 0 Å². The minimum Gasteiger partial charge on any atom is -0.481 e. The average molecular weight is 346 g/mol. The van der Waals surface area contributed by atoms with Crippen LogP contribution in [0.3, 0.4) is 0 Å². The highest BCUT2D eigenvalue weighted by molar-refractivity contribution is 6.30. The second-order valence-electron chi connectivity index (χ2n) is 6.35. The van der Waals surface area contributed by atoms with Gasteiger partial charge in [-0.2, -0.15) is 0 Å². The van der Waals surface area contributed by atoms with Crippen LogP contribution in [0.4, 0.5) is 5.69 Å². The molecule has 128 valence electrons. The molecule has 0 bridgehead atoms. The summed E-state index contributed by atoms with van der Waals surface area (Å²) >= 11 is 5.95. The second kappa shape index (κ2) is 7.71. The predicted octanol–water partition coefficient (Wildman–Crippen LogP) is 5.49. The molecule has 0 unspecified atom stereocenters. The molecule has 1 amide bonds. The van der Waals surface area contributed by atoms with Crippen LogP contribution in [0.5, 0.6) is 5.75 Å². The van der Waals surface area contributed by atoms with Gasteiger partial charge in [-0.15, -0.1) is 0 Å². The first-order valence-corrected chi connectivity index (χ1v) is 8.50. The van der Waals surface area contributed by atoms with Crippen LogP contribution in [0.2, 0.25) is 5.02 Å². The third-order valence-corrected chi connectivity index (χ3v) is 4.22. The number of ether oxygens (including phenoxy) is 1. The van der Waals surface area contributed by atoms with Gasteiger partial charge in [-0.1, -0.05) is 43.6 Å². The number of rotatable bonds is 5. The monoisotopic (exact) mass is 345 g/mol. The lowest BCUT2D eigenvalue weighted by Crippen LogP contribution is -2.31. The number of carbonyl (C=O) groups is 1. The van der Waals surface area contributed by atoms with Crippen molar-refractivity contribution < 1.29 is 9.53 Å². The summed E-state index contributed by atoms with van der Waals surface area (Å²) in [5.41, 5.74) is 3.95. The van der Waals surface area contributed by atoms with Gasteiger partial charge in [0.1, 0.15) is 5.75 Å². The molecular formula is C20H24ClNO2. The Morgan fingerprint density at radius 1 is 1.08 bits per heavy atom. The molecule has 1 N–H and O–H groups in total. The van der Waals surface area contributed by atoms with E-state index in [9.17, 15) is 4.79 Å². The van der Waals surface area contributed by atoms with Crippen molar-refractivity contribution in [2.75, 3.05) is 5.32 Å². The van der Waals surface area contributed by atoms with Crippen molar-refractivity contribution in [3.63, 3.8) is 0 Å². The minimum absolute atomic E-state index is 0.166. The molecule has 1 atom stereocenters. The quantitative estimate of drug-likeness (QED) is 0.778. The van der Waals surface area contributed by atoms with Crippen LogP contribution in [-0.4, -0.2) is 12.0 Å². The lowest BCUT2D eigenvalue weighted by molar-refractivity contribution is -0.122. The molecule has 4 heteroatoms. The summed E-state index contributed by atoms with van der Waals surface area (Å²) in [5.74, 6) is 0.825. The summed E-state index contributed by atoms with van der Waals surface area (Å²) in [6.45, 7) is 9.87. The summed E-state index contributed by atoms with van der Waals surface area (Å²) in [7, 11) is 0. The smallest absolute Gasteiger partial charge is 0.265 e. The van der Waals surface area contributed by atoms with E-state index in [2.05, 4.69) is 19.2 Å². The molecule has 0 aliphatic rings. The van der Waals surface area contributed by atoms with E-state index in [4.69, 9.17) is 16.3 Å². The Morgan fingerprint density at radius 2 is 1.79 bits per heavy atom. The molecule has 2 rings (SSSR count). The Bertz CT molecular complexity index is 740. The maximum atomic E-state index is 12.6. The van der Waals surface area contributed by atoms with Gasteiger partial charge in [-0.05, 0) is 61.6 Å². The highest BCUT2D eigenvalue weighted by atomic mass is 35.5. The molecular weight excluding hydrogens is 322 g/mol. The molecule has 2 aromatic rings. The molecule has 0 fully saturated rings. The van der Waals surface area contributed by atoms with Gasteiger partial charge in [0.25, 0.3) is 5.91 Å². The number of hydrogen-bond donors (Lipinski definition) is 1. The van der Waals surface area contributed by atoms with Crippen LogP contribution in [0.25, 0.3) is 0 Å². The second-order valence-corrected chi connectivity index (χ2v) is 6.79. The highest BCUT2D eigenvalue weighted by Gasteiger charge is 2.19. The van der Waals surface area contributed by atoms with Crippen molar-refractivity contribution >= 4 is 23.2 Å². The SMILES string of the molecule is Cc1cc(Cl)ccc1O[C@@H](C)C(=O)Nc1c(C)cccc1C(C)C. The van der Waals surface area contributed by atoms with Crippen molar-refractivity contribution in [2.24, 2.45) is 0 Å². The maximum Gasteiger partial charge on any atom is 0.265 e. The zero-order valence-electron chi connectivity index (χ0n) is 14.8. The molecule has 0 aliphatic carbocycles. The first kappa shape index (κ1) is 18.3. The van der Waals surface area contributed by atoms with Gasteiger partial charge >= 0.3 is 0 Å². The third-order valence-electron chi connectivity index (χ3n) is 3.99. The number of aryl methyl sites for hydroxylation is 2. The fraction of sp³-hybridized carbons (Fsp3) is 0.350. The number of carbonyl (C=O) groups excluding carboxylic acids is 1. The number of nitrogens with one attached hydrogen (secondary N) is 1. The molecule has 0 saturated heterocycles. The fourth-order valence-corrected chi connectivity index (χ4v) is 2.78. The van der Waals surface area contributed by atoms with Crippen molar-refractivity contribution in [1.82, 2.24) is 0 Å². The summed E-state index contributed by atoms with van der Waals surface area (Å²) in [5, 5.41) is 3.67. The summed E-state index contributed by atoms with van der Waals surface area (Å²) in [4.78, 5) is 12.6. The third kappa shape index (κ3) is 4.30. The number of amides is 1. The Balaban J connectivity index is 2.15. The fourth-order valence-electron chi connectivity index (χ4n) is 2.56. The molecule has 0 radical (unpaired) electrons. The standard InChI is InChI=1S/C20H24ClNO2/c1-12(2)17-8-6-7-13(3)19(17)22-20(23)15(5)24-18-10-9-16(21)11-14(18)4/h6-12,15H,1-5H3,(H,22,23)/t15-/m0/s1. The normalized spacial score (nSPS) is 12.1. The van der Waals surface area contributed by atoms with Gasteiger partial charge in [-0.25, -0.2) is 0 Å². The van der Waals surface area contributed by atoms with E-state index in [1.165, 1.54) is 0 Å². The van der Waals surface area contributed by atoms with Crippen molar-refractivity contribution in [1.29, 1.82) is 0 Å². The molecule has 2 aromatic carbocycles. The number of para-hydroxylation sites is 1. The summed E-state index contributed by atoms with van der Waals surface area (Å²) in [6.07, 6.45) is -0.607. The van der Waals surface area contributed by atoms with Gasteiger partial charge in [0, 0.05) is 10.7 Å². The highest BCUT2D eigenvalue weighted by Crippen LogP contribution is 2.28. The zero-order chi connectivity index (χ0) is 17.9. The molecule has 0 aliphatic heterocycles. The molecule has 0 saturated carbocycles. The van der Waals surface area contributed by atoms with Crippen LogP contribution in [-0.2, 0) is 4.79 Å². The predicted molar refractivity (Wildman–Crippen MR) is 100 cm³/mol. The Labute approximate surface area is 149 Å². The van der Waals surface area contributed by atoms with E-state index >= 15 is 0 Å². The van der Waals surface area contributed by atoms with Crippen molar-refractivity contribution in [2.45, 2.75) is 46.6 Å². The number of halogens is 1. The number of hydrogen-bond acceptors (Lipinski definition) is 2.